The Morgan fingerprint density at radius 1 is 0.704 bits per heavy atom. The van der Waals surface area contributed by atoms with Gasteiger partial charge in [-0.05, 0) is 36.4 Å². The third-order valence-corrected chi connectivity index (χ3v) is 3.93. The number of benzene rings is 3. The molecule has 0 heterocycles. The molecule has 0 aliphatic carbocycles. The highest BCUT2D eigenvalue weighted by molar-refractivity contribution is 6.15. The van der Waals surface area contributed by atoms with Crippen molar-refractivity contribution in [2.75, 3.05) is 5.32 Å². The fourth-order valence-corrected chi connectivity index (χ4v) is 2.54. The Balaban J connectivity index is 1.84. The Morgan fingerprint density at radius 3 is 1.93 bits per heavy atom. The van der Waals surface area contributed by atoms with Gasteiger partial charge < -0.3 is 5.32 Å². The van der Waals surface area contributed by atoms with Crippen molar-refractivity contribution in [3.05, 3.63) is 101 Å². The third kappa shape index (κ3) is 4.23. The minimum Gasteiger partial charge on any atom is -0.321 e. The fourth-order valence-electron chi connectivity index (χ4n) is 2.54. The molecule has 1 N–H and O–H groups in total. The van der Waals surface area contributed by atoms with Crippen molar-refractivity contribution in [3.63, 3.8) is 0 Å². The van der Waals surface area contributed by atoms with Crippen LogP contribution in [0.25, 0.3) is 0 Å². The molecule has 0 radical (unpaired) electrons. The lowest BCUT2D eigenvalue weighted by Crippen LogP contribution is -2.15. The summed E-state index contributed by atoms with van der Waals surface area (Å²) in [7, 11) is 0. The van der Waals surface area contributed by atoms with Gasteiger partial charge in [0.25, 0.3) is 5.91 Å². The lowest BCUT2D eigenvalue weighted by molar-refractivity contribution is -0.137. The Hall–Kier alpha value is -3.41. The number of carbonyl (C=O) groups is 2. The van der Waals surface area contributed by atoms with E-state index >= 15 is 0 Å². The van der Waals surface area contributed by atoms with Gasteiger partial charge in [0, 0.05) is 16.7 Å². The molecule has 1 amide bonds. The maximum atomic E-state index is 12.7. The molecular weight excluding hydrogens is 355 g/mol. The predicted molar refractivity (Wildman–Crippen MR) is 95.7 cm³/mol. The van der Waals surface area contributed by atoms with Crippen LogP contribution in [-0.2, 0) is 6.18 Å². The van der Waals surface area contributed by atoms with Crippen LogP contribution in [0, 0.1) is 0 Å². The van der Waals surface area contributed by atoms with Gasteiger partial charge in [0.1, 0.15) is 0 Å². The van der Waals surface area contributed by atoms with E-state index in [4.69, 9.17) is 0 Å². The largest absolute Gasteiger partial charge is 0.416 e. The summed E-state index contributed by atoms with van der Waals surface area (Å²) in [5.41, 5.74) is 0.276. The van der Waals surface area contributed by atoms with Crippen molar-refractivity contribution in [3.8, 4) is 0 Å². The molecule has 0 saturated carbocycles. The molecule has 3 rings (SSSR count). The van der Waals surface area contributed by atoms with E-state index in [0.717, 1.165) is 24.3 Å². The van der Waals surface area contributed by atoms with Crippen molar-refractivity contribution < 1.29 is 22.8 Å². The van der Waals surface area contributed by atoms with Crippen molar-refractivity contribution in [2.24, 2.45) is 0 Å². The Kier molecular flexibility index (Phi) is 5.07. The molecule has 3 aromatic rings. The summed E-state index contributed by atoms with van der Waals surface area (Å²) in [5.74, 6) is -0.865. The van der Waals surface area contributed by atoms with Gasteiger partial charge in [-0.25, -0.2) is 0 Å². The summed E-state index contributed by atoms with van der Waals surface area (Å²) in [6, 6.07) is 18.9. The summed E-state index contributed by atoms with van der Waals surface area (Å²) in [4.78, 5) is 25.0. The molecule has 0 aliphatic rings. The molecule has 27 heavy (non-hydrogen) atoms. The molecule has 0 fully saturated rings. The first-order chi connectivity index (χ1) is 12.9. The number of rotatable bonds is 4. The van der Waals surface area contributed by atoms with E-state index in [9.17, 15) is 22.8 Å². The van der Waals surface area contributed by atoms with Crippen LogP contribution >= 0.6 is 0 Å². The number of halogens is 3. The summed E-state index contributed by atoms with van der Waals surface area (Å²) in [6.07, 6.45) is -4.47. The molecule has 0 saturated heterocycles. The summed E-state index contributed by atoms with van der Waals surface area (Å²) >= 11 is 0. The molecular formula is C21H14F3NO2. The van der Waals surface area contributed by atoms with Gasteiger partial charge in [-0.1, -0.05) is 42.5 Å². The summed E-state index contributed by atoms with van der Waals surface area (Å²) in [5, 5.41) is 2.59. The number of ketones is 1. The van der Waals surface area contributed by atoms with Crippen LogP contribution in [0.15, 0.2) is 78.9 Å². The average molecular weight is 369 g/mol. The van der Waals surface area contributed by atoms with Crippen LogP contribution in [-0.4, -0.2) is 11.7 Å². The van der Waals surface area contributed by atoms with Crippen LogP contribution in [0.2, 0.25) is 0 Å². The SMILES string of the molecule is O=C(Nc1ccccc1C(=O)c1ccccc1)c1ccc(C(F)(F)F)cc1. The lowest BCUT2D eigenvalue weighted by atomic mass is 10.0. The number of hydrogen-bond donors (Lipinski definition) is 1. The van der Waals surface area contributed by atoms with Crippen LogP contribution in [0.3, 0.4) is 0 Å². The van der Waals surface area contributed by atoms with Crippen LogP contribution in [0.5, 0.6) is 0 Å². The van der Waals surface area contributed by atoms with Gasteiger partial charge in [0.05, 0.1) is 11.3 Å². The van der Waals surface area contributed by atoms with Crippen molar-refractivity contribution in [2.45, 2.75) is 6.18 Å². The smallest absolute Gasteiger partial charge is 0.321 e. The molecule has 0 bridgehead atoms. The molecule has 136 valence electrons. The summed E-state index contributed by atoms with van der Waals surface area (Å²) in [6.45, 7) is 0. The quantitative estimate of drug-likeness (QED) is 0.644. The van der Waals surface area contributed by atoms with Gasteiger partial charge in [0.2, 0.25) is 0 Å². The second-order valence-corrected chi connectivity index (χ2v) is 5.77. The van der Waals surface area contributed by atoms with Crippen LogP contribution in [0.1, 0.15) is 31.8 Å². The predicted octanol–water partition coefficient (Wildman–Crippen LogP) is 5.19. The highest BCUT2D eigenvalue weighted by atomic mass is 19.4. The average Bonchev–Trinajstić information content (AvgIpc) is 2.68. The Morgan fingerprint density at radius 2 is 1.30 bits per heavy atom. The van der Waals surface area contributed by atoms with Gasteiger partial charge in [0.15, 0.2) is 5.78 Å². The second kappa shape index (κ2) is 7.45. The minimum absolute atomic E-state index is 0.0602. The first-order valence-corrected chi connectivity index (χ1v) is 8.03. The first kappa shape index (κ1) is 18.4. The molecule has 0 atom stereocenters. The highest BCUT2D eigenvalue weighted by Crippen LogP contribution is 2.29. The number of para-hydroxylation sites is 1. The standard InChI is InChI=1S/C21H14F3NO2/c22-21(23,24)16-12-10-15(11-13-16)20(27)25-18-9-5-4-8-17(18)19(26)14-6-2-1-3-7-14/h1-13H,(H,25,27). The molecule has 3 aromatic carbocycles. The number of alkyl halides is 3. The van der Waals surface area contributed by atoms with Crippen LogP contribution < -0.4 is 5.32 Å². The number of nitrogens with one attached hydrogen (secondary N) is 1. The number of anilines is 1. The van der Waals surface area contributed by atoms with Gasteiger partial charge in [-0.3, -0.25) is 9.59 Å². The minimum atomic E-state index is -4.47. The maximum Gasteiger partial charge on any atom is 0.416 e. The molecule has 6 heteroatoms. The number of hydrogen-bond acceptors (Lipinski definition) is 2. The molecule has 0 spiro atoms. The zero-order valence-electron chi connectivity index (χ0n) is 14.0. The van der Waals surface area contributed by atoms with E-state index in [1.54, 1.807) is 54.6 Å². The molecule has 0 aromatic heterocycles. The van der Waals surface area contributed by atoms with E-state index < -0.39 is 17.6 Å². The van der Waals surface area contributed by atoms with Crippen molar-refractivity contribution in [1.29, 1.82) is 0 Å². The maximum absolute atomic E-state index is 12.7. The van der Waals surface area contributed by atoms with E-state index in [-0.39, 0.29) is 17.0 Å². The topological polar surface area (TPSA) is 46.2 Å². The number of amides is 1. The molecule has 0 aliphatic heterocycles. The zero-order valence-corrected chi connectivity index (χ0v) is 14.0. The first-order valence-electron chi connectivity index (χ1n) is 8.03. The number of carbonyl (C=O) groups excluding carboxylic acids is 2. The van der Waals surface area contributed by atoms with Gasteiger partial charge in [-0.15, -0.1) is 0 Å². The van der Waals surface area contributed by atoms with Crippen LogP contribution in [0.4, 0.5) is 18.9 Å². The lowest BCUT2D eigenvalue weighted by Gasteiger charge is -2.11. The van der Waals surface area contributed by atoms with Gasteiger partial charge >= 0.3 is 6.18 Å². The van der Waals surface area contributed by atoms with Crippen molar-refractivity contribution >= 4 is 17.4 Å². The van der Waals surface area contributed by atoms with E-state index in [1.807, 2.05) is 0 Å². The van der Waals surface area contributed by atoms with Gasteiger partial charge in [-0.2, -0.15) is 13.2 Å². The zero-order chi connectivity index (χ0) is 19.4. The normalized spacial score (nSPS) is 11.1. The van der Waals surface area contributed by atoms with Crippen molar-refractivity contribution in [1.82, 2.24) is 0 Å². The highest BCUT2D eigenvalue weighted by Gasteiger charge is 2.30. The third-order valence-electron chi connectivity index (χ3n) is 3.93. The summed E-state index contributed by atoms with van der Waals surface area (Å²) < 4.78 is 37.9. The molecule has 0 unspecified atom stereocenters. The van der Waals surface area contributed by atoms with E-state index in [0.29, 0.717) is 11.1 Å². The Bertz CT molecular complexity index is 965. The molecule has 3 nitrogen and oxygen atoms in total. The van der Waals surface area contributed by atoms with E-state index in [2.05, 4.69) is 5.32 Å². The fraction of sp³-hybridized carbons (Fsp3) is 0.0476. The monoisotopic (exact) mass is 369 g/mol. The second-order valence-electron chi connectivity index (χ2n) is 5.77. The Labute approximate surface area is 153 Å². The van der Waals surface area contributed by atoms with E-state index in [1.165, 1.54) is 0 Å².